The number of benzene rings is 2. The van der Waals surface area contributed by atoms with Crippen LogP contribution >= 0.6 is 34.8 Å². The number of nitrogens with zero attached hydrogens (tertiary/aromatic N) is 1. The van der Waals surface area contributed by atoms with Gasteiger partial charge in [0.25, 0.3) is 5.91 Å². The summed E-state index contributed by atoms with van der Waals surface area (Å²) in [5, 5.41) is 5.25. The normalized spacial score (nSPS) is 15.1. The van der Waals surface area contributed by atoms with E-state index in [0.29, 0.717) is 0 Å². The summed E-state index contributed by atoms with van der Waals surface area (Å²) in [6.45, 7) is 1.15. The van der Waals surface area contributed by atoms with E-state index in [4.69, 9.17) is 46.3 Å². The highest BCUT2D eigenvalue weighted by Gasteiger charge is 2.42. The second-order valence-corrected chi connectivity index (χ2v) is 8.04. The predicted molar refractivity (Wildman–Crippen MR) is 118 cm³/mol. The Morgan fingerprint density at radius 1 is 1.06 bits per heavy atom. The molecule has 0 fully saturated rings. The van der Waals surface area contributed by atoms with E-state index in [-0.39, 0.29) is 32.3 Å². The standard InChI is InChI=1S/C19H18Cl3F4N5O/c1-8(15(27)19(24,25)26)16(28)30-18(29-12-5-10(21)4-11(23)7-12)31-17(32)13-3-2-9(20)6-14(13)22/h2-8,15-16H,27-28H2,1H3,(H2,29,30,31,32). The van der Waals surface area contributed by atoms with Crippen LogP contribution in [0.5, 0.6) is 0 Å². The van der Waals surface area contributed by atoms with E-state index in [1.165, 1.54) is 24.3 Å². The number of nitrogens with two attached hydrogens (primary N) is 2. The van der Waals surface area contributed by atoms with E-state index < -0.39 is 36.0 Å². The van der Waals surface area contributed by atoms with E-state index in [1.807, 2.05) is 0 Å². The molecule has 2 aromatic rings. The monoisotopic (exact) mass is 513 g/mol. The van der Waals surface area contributed by atoms with Crippen molar-refractivity contribution in [3.05, 3.63) is 62.8 Å². The number of alkyl halides is 3. The first kappa shape index (κ1) is 26.1. The summed E-state index contributed by atoms with van der Waals surface area (Å²) in [6.07, 6.45) is -6.20. The number of nitrogens with one attached hydrogen (secondary N) is 2. The van der Waals surface area contributed by atoms with Gasteiger partial charge < -0.3 is 16.8 Å². The summed E-state index contributed by atoms with van der Waals surface area (Å²) in [4.78, 5) is 16.6. The number of guanidine groups is 1. The number of anilines is 1. The maximum absolute atomic E-state index is 13.7. The molecule has 0 spiro atoms. The fourth-order valence-electron chi connectivity index (χ4n) is 2.48. The lowest BCUT2D eigenvalue weighted by Gasteiger charge is -2.26. The molecule has 2 aromatic carbocycles. The molecular weight excluding hydrogens is 497 g/mol. The Kier molecular flexibility index (Phi) is 8.72. The van der Waals surface area contributed by atoms with E-state index >= 15 is 0 Å². The van der Waals surface area contributed by atoms with Gasteiger partial charge in [0.05, 0.1) is 10.6 Å². The summed E-state index contributed by atoms with van der Waals surface area (Å²) >= 11 is 17.6. The fraction of sp³-hybridized carbons (Fsp3) is 0.263. The van der Waals surface area contributed by atoms with Gasteiger partial charge in [-0.2, -0.15) is 13.2 Å². The molecule has 0 radical (unpaired) electrons. The smallest absolute Gasteiger partial charge is 0.326 e. The van der Waals surface area contributed by atoms with Gasteiger partial charge in [0, 0.05) is 21.7 Å². The molecule has 1 amide bonds. The van der Waals surface area contributed by atoms with Crippen molar-refractivity contribution in [1.82, 2.24) is 5.32 Å². The second kappa shape index (κ2) is 10.7. The fourth-order valence-corrected chi connectivity index (χ4v) is 3.20. The van der Waals surface area contributed by atoms with Crippen molar-refractivity contribution >= 4 is 52.4 Å². The van der Waals surface area contributed by atoms with Crippen molar-refractivity contribution in [2.45, 2.75) is 25.3 Å². The Morgan fingerprint density at radius 2 is 1.72 bits per heavy atom. The molecule has 6 N–H and O–H groups in total. The Hall–Kier alpha value is -2.11. The Balaban J connectivity index is 2.37. The molecule has 3 atom stereocenters. The highest BCUT2D eigenvalue weighted by Crippen LogP contribution is 2.26. The maximum atomic E-state index is 13.7. The maximum Gasteiger partial charge on any atom is 0.404 e. The summed E-state index contributed by atoms with van der Waals surface area (Å²) in [5.41, 5.74) is 11.1. The van der Waals surface area contributed by atoms with Gasteiger partial charge in [-0.05, 0) is 36.4 Å². The molecule has 0 aromatic heterocycles. The van der Waals surface area contributed by atoms with E-state index in [1.54, 1.807) is 0 Å². The molecule has 0 bridgehead atoms. The Bertz CT molecular complexity index is 999. The SMILES string of the molecule is CC(C(N)N=C(NC(=O)c1ccc(Cl)cc1Cl)Nc1cc(F)cc(Cl)c1)C(N)C(F)(F)F. The lowest BCUT2D eigenvalue weighted by atomic mass is 10.00. The predicted octanol–water partition coefficient (Wildman–Crippen LogP) is 4.79. The summed E-state index contributed by atoms with van der Waals surface area (Å²) in [6, 6.07) is 5.16. The van der Waals surface area contributed by atoms with Gasteiger partial charge in [-0.25, -0.2) is 9.38 Å². The zero-order valence-electron chi connectivity index (χ0n) is 16.4. The van der Waals surface area contributed by atoms with Crippen molar-refractivity contribution in [3.63, 3.8) is 0 Å². The van der Waals surface area contributed by atoms with Crippen molar-refractivity contribution < 1.29 is 22.4 Å². The molecule has 32 heavy (non-hydrogen) atoms. The molecule has 13 heteroatoms. The van der Waals surface area contributed by atoms with Gasteiger partial charge >= 0.3 is 6.18 Å². The number of hydrogen-bond acceptors (Lipinski definition) is 4. The lowest BCUT2D eigenvalue weighted by Crippen LogP contribution is -2.50. The Labute approximate surface area is 195 Å². The third-order valence-electron chi connectivity index (χ3n) is 4.29. The minimum atomic E-state index is -4.71. The average molecular weight is 515 g/mol. The van der Waals surface area contributed by atoms with Gasteiger partial charge in [0.2, 0.25) is 5.96 Å². The first-order valence-corrected chi connectivity index (χ1v) is 10.1. The average Bonchev–Trinajstić information content (AvgIpc) is 2.64. The van der Waals surface area contributed by atoms with Gasteiger partial charge in [-0.3, -0.25) is 10.1 Å². The van der Waals surface area contributed by atoms with Crippen molar-refractivity contribution in [2.75, 3.05) is 5.32 Å². The van der Waals surface area contributed by atoms with Crippen LogP contribution in [0.2, 0.25) is 15.1 Å². The molecule has 0 aliphatic carbocycles. The zero-order chi connectivity index (χ0) is 24.2. The largest absolute Gasteiger partial charge is 0.404 e. The third kappa shape index (κ3) is 7.21. The number of halogens is 7. The first-order chi connectivity index (χ1) is 14.8. The second-order valence-electron chi connectivity index (χ2n) is 6.76. The molecular formula is C19H18Cl3F4N5O. The van der Waals surface area contributed by atoms with E-state index in [2.05, 4.69) is 15.6 Å². The molecule has 0 aliphatic rings. The highest BCUT2D eigenvalue weighted by molar-refractivity contribution is 6.37. The van der Waals surface area contributed by atoms with Crippen LogP contribution in [-0.2, 0) is 0 Å². The first-order valence-electron chi connectivity index (χ1n) is 8.93. The lowest BCUT2D eigenvalue weighted by molar-refractivity contribution is -0.159. The molecule has 2 rings (SSSR count). The van der Waals surface area contributed by atoms with Gasteiger partial charge in [-0.1, -0.05) is 41.7 Å². The number of amides is 1. The topological polar surface area (TPSA) is 106 Å². The van der Waals surface area contributed by atoms with Crippen LogP contribution in [-0.4, -0.2) is 30.3 Å². The van der Waals surface area contributed by atoms with Crippen molar-refractivity contribution in [1.29, 1.82) is 0 Å². The van der Waals surface area contributed by atoms with Crippen LogP contribution in [0.4, 0.5) is 23.2 Å². The minimum absolute atomic E-state index is 0.00328. The quantitative estimate of drug-likeness (QED) is 0.261. The van der Waals surface area contributed by atoms with Crippen LogP contribution in [0.15, 0.2) is 41.4 Å². The number of aliphatic imine (C=N–C) groups is 1. The zero-order valence-corrected chi connectivity index (χ0v) is 18.6. The van der Waals surface area contributed by atoms with Gasteiger partial charge in [0.1, 0.15) is 18.0 Å². The van der Waals surface area contributed by atoms with Crippen molar-refractivity contribution in [2.24, 2.45) is 22.4 Å². The van der Waals surface area contributed by atoms with Crippen LogP contribution in [0.25, 0.3) is 0 Å². The summed E-state index contributed by atoms with van der Waals surface area (Å²) in [5.74, 6) is -3.22. The molecule has 3 unspecified atom stereocenters. The molecule has 6 nitrogen and oxygen atoms in total. The third-order valence-corrected chi connectivity index (χ3v) is 5.06. The molecule has 174 valence electrons. The molecule has 0 heterocycles. The number of hydrogen-bond donors (Lipinski definition) is 4. The Morgan fingerprint density at radius 3 is 2.28 bits per heavy atom. The minimum Gasteiger partial charge on any atom is -0.326 e. The van der Waals surface area contributed by atoms with Crippen LogP contribution in [0.3, 0.4) is 0 Å². The van der Waals surface area contributed by atoms with E-state index in [0.717, 1.165) is 19.1 Å². The van der Waals surface area contributed by atoms with Crippen LogP contribution in [0, 0.1) is 11.7 Å². The van der Waals surface area contributed by atoms with E-state index in [9.17, 15) is 22.4 Å². The number of rotatable bonds is 5. The van der Waals surface area contributed by atoms with Gasteiger partial charge in [-0.15, -0.1) is 0 Å². The molecule has 0 saturated carbocycles. The highest BCUT2D eigenvalue weighted by atomic mass is 35.5. The number of carbonyl (C=O) groups excluding carboxylic acids is 1. The molecule has 0 aliphatic heterocycles. The van der Waals surface area contributed by atoms with Gasteiger partial charge in [0.15, 0.2) is 0 Å². The van der Waals surface area contributed by atoms with Crippen LogP contribution < -0.4 is 22.1 Å². The van der Waals surface area contributed by atoms with Crippen molar-refractivity contribution in [3.8, 4) is 0 Å². The number of carbonyl (C=O) groups is 1. The van der Waals surface area contributed by atoms with Crippen LogP contribution in [0.1, 0.15) is 17.3 Å². The summed E-state index contributed by atoms with van der Waals surface area (Å²) in [7, 11) is 0. The summed E-state index contributed by atoms with van der Waals surface area (Å²) < 4.78 is 52.5. The molecule has 0 saturated heterocycles.